The number of halogens is 2. The maximum Gasteiger partial charge on any atom is 0.240 e. The van der Waals surface area contributed by atoms with Gasteiger partial charge in [-0.1, -0.05) is 17.7 Å². The van der Waals surface area contributed by atoms with Crippen LogP contribution in [-0.4, -0.2) is 33.5 Å². The van der Waals surface area contributed by atoms with Gasteiger partial charge < -0.3 is 11.1 Å². The third kappa shape index (κ3) is 4.46. The average Bonchev–Trinajstić information content (AvgIpc) is 3.12. The molecule has 0 heterocycles. The van der Waals surface area contributed by atoms with Crippen molar-refractivity contribution in [1.82, 2.24) is 10.0 Å². The Morgan fingerprint density at radius 3 is 2.60 bits per heavy atom. The minimum Gasteiger partial charge on any atom is -0.354 e. The van der Waals surface area contributed by atoms with Crippen LogP contribution in [0.2, 0.25) is 5.02 Å². The van der Waals surface area contributed by atoms with Gasteiger partial charge in [0.1, 0.15) is 0 Å². The largest absolute Gasteiger partial charge is 0.354 e. The Kier molecular flexibility index (Phi) is 6.73. The standard InChI is InChI=1S/C16H22ClN3O3S.ClH/c17-12-2-1-3-13(9-12)24(22,23)20-7-6-19-16(21)14-10-4-5-11(8-10)15(14)18;/h1-3,9-11,14-15,20H,4-8,18H2,(H,19,21);1H. The highest BCUT2D eigenvalue weighted by atomic mass is 35.5. The number of nitrogens with two attached hydrogens (primary N) is 1. The number of fused-ring (bicyclic) bond motifs is 2. The van der Waals surface area contributed by atoms with Crippen LogP contribution in [0.5, 0.6) is 0 Å². The summed E-state index contributed by atoms with van der Waals surface area (Å²) in [5, 5.41) is 3.16. The zero-order valence-corrected chi connectivity index (χ0v) is 16.0. The summed E-state index contributed by atoms with van der Waals surface area (Å²) < 4.78 is 26.7. The number of amides is 1. The second-order valence-corrected chi connectivity index (χ2v) is 8.79. The van der Waals surface area contributed by atoms with E-state index in [0.717, 1.165) is 19.3 Å². The molecule has 2 fully saturated rings. The van der Waals surface area contributed by atoms with Crippen LogP contribution in [0.15, 0.2) is 29.2 Å². The van der Waals surface area contributed by atoms with E-state index in [-0.39, 0.29) is 48.3 Å². The molecule has 0 radical (unpaired) electrons. The number of carbonyl (C=O) groups is 1. The molecule has 0 aliphatic heterocycles. The van der Waals surface area contributed by atoms with Gasteiger partial charge in [0.25, 0.3) is 0 Å². The number of hydrogen-bond acceptors (Lipinski definition) is 4. The highest BCUT2D eigenvalue weighted by Gasteiger charge is 2.48. The molecule has 0 spiro atoms. The Labute approximate surface area is 159 Å². The number of sulfonamides is 1. The van der Waals surface area contributed by atoms with Gasteiger partial charge in [0, 0.05) is 24.2 Å². The maximum atomic E-state index is 12.3. The van der Waals surface area contributed by atoms with E-state index >= 15 is 0 Å². The second-order valence-electron chi connectivity index (χ2n) is 6.58. The Morgan fingerprint density at radius 2 is 1.96 bits per heavy atom. The molecule has 25 heavy (non-hydrogen) atoms. The molecule has 2 bridgehead atoms. The zero-order valence-electron chi connectivity index (χ0n) is 13.7. The van der Waals surface area contributed by atoms with Crippen LogP contribution >= 0.6 is 24.0 Å². The van der Waals surface area contributed by atoms with Crippen LogP contribution in [-0.2, 0) is 14.8 Å². The van der Waals surface area contributed by atoms with Crippen LogP contribution in [0.4, 0.5) is 0 Å². The summed E-state index contributed by atoms with van der Waals surface area (Å²) in [6, 6.07) is 5.98. The Hall–Kier alpha value is -0.860. The molecule has 6 nitrogen and oxygen atoms in total. The van der Waals surface area contributed by atoms with Gasteiger partial charge in [-0.05, 0) is 49.3 Å². The van der Waals surface area contributed by atoms with Gasteiger partial charge in [-0.3, -0.25) is 4.79 Å². The highest BCUT2D eigenvalue weighted by molar-refractivity contribution is 7.89. The lowest BCUT2D eigenvalue weighted by molar-refractivity contribution is -0.126. The summed E-state index contributed by atoms with van der Waals surface area (Å²) in [5.74, 6) is 0.658. The van der Waals surface area contributed by atoms with E-state index in [2.05, 4.69) is 10.0 Å². The van der Waals surface area contributed by atoms with E-state index in [1.165, 1.54) is 12.1 Å². The molecule has 2 saturated carbocycles. The highest BCUT2D eigenvalue weighted by Crippen LogP contribution is 2.47. The fourth-order valence-corrected chi connectivity index (χ4v) is 5.26. The minimum absolute atomic E-state index is 0. The number of carbonyl (C=O) groups excluding carboxylic acids is 1. The molecular formula is C16H23Cl2N3O3S. The van der Waals surface area contributed by atoms with Crippen LogP contribution in [0, 0.1) is 17.8 Å². The molecule has 4 atom stereocenters. The summed E-state index contributed by atoms with van der Waals surface area (Å²) in [7, 11) is -3.63. The molecule has 4 unspecified atom stereocenters. The van der Waals surface area contributed by atoms with Gasteiger partial charge in [0.15, 0.2) is 0 Å². The van der Waals surface area contributed by atoms with E-state index in [4.69, 9.17) is 17.3 Å². The Morgan fingerprint density at radius 1 is 1.24 bits per heavy atom. The Balaban J connectivity index is 0.00000225. The van der Waals surface area contributed by atoms with Crippen molar-refractivity contribution in [2.75, 3.05) is 13.1 Å². The van der Waals surface area contributed by atoms with Crippen molar-refractivity contribution in [3.05, 3.63) is 29.3 Å². The van der Waals surface area contributed by atoms with Crippen LogP contribution in [0.1, 0.15) is 19.3 Å². The van der Waals surface area contributed by atoms with E-state index in [0.29, 0.717) is 16.9 Å². The van der Waals surface area contributed by atoms with Crippen LogP contribution in [0.3, 0.4) is 0 Å². The molecule has 3 rings (SSSR count). The van der Waals surface area contributed by atoms with Gasteiger partial charge in [0.2, 0.25) is 15.9 Å². The molecule has 1 amide bonds. The molecule has 1 aromatic carbocycles. The molecule has 1 aromatic rings. The Bertz CT molecular complexity index is 727. The third-order valence-corrected chi connectivity index (χ3v) is 6.80. The normalized spacial score (nSPS) is 27.8. The zero-order chi connectivity index (χ0) is 17.3. The predicted molar refractivity (Wildman–Crippen MR) is 99.2 cm³/mol. The van der Waals surface area contributed by atoms with Gasteiger partial charge in [0.05, 0.1) is 10.8 Å². The van der Waals surface area contributed by atoms with Gasteiger partial charge in [-0.15, -0.1) is 12.4 Å². The number of hydrogen-bond donors (Lipinski definition) is 3. The molecule has 2 aliphatic carbocycles. The number of rotatable bonds is 6. The number of nitrogens with one attached hydrogen (secondary N) is 2. The molecule has 9 heteroatoms. The third-order valence-electron chi connectivity index (χ3n) is 5.11. The van der Waals surface area contributed by atoms with Crippen molar-refractivity contribution in [3.63, 3.8) is 0 Å². The quantitative estimate of drug-likeness (QED) is 0.622. The first kappa shape index (κ1) is 20.5. The first-order chi connectivity index (χ1) is 11.4. The fraction of sp³-hybridized carbons (Fsp3) is 0.562. The molecule has 2 aliphatic rings. The number of benzene rings is 1. The average molecular weight is 408 g/mol. The maximum absolute atomic E-state index is 12.3. The topological polar surface area (TPSA) is 101 Å². The first-order valence-corrected chi connectivity index (χ1v) is 10.0. The lowest BCUT2D eigenvalue weighted by Gasteiger charge is -2.27. The van der Waals surface area contributed by atoms with Crippen molar-refractivity contribution < 1.29 is 13.2 Å². The molecule has 140 valence electrons. The molecular weight excluding hydrogens is 385 g/mol. The summed E-state index contributed by atoms with van der Waals surface area (Å²) >= 11 is 5.81. The summed E-state index contributed by atoms with van der Waals surface area (Å²) in [6.07, 6.45) is 3.23. The smallest absolute Gasteiger partial charge is 0.240 e. The van der Waals surface area contributed by atoms with Gasteiger partial charge >= 0.3 is 0 Å². The van der Waals surface area contributed by atoms with Gasteiger partial charge in [-0.25, -0.2) is 13.1 Å². The second kappa shape index (κ2) is 8.22. The lowest BCUT2D eigenvalue weighted by atomic mass is 9.84. The van der Waals surface area contributed by atoms with Crippen LogP contribution in [0.25, 0.3) is 0 Å². The monoisotopic (exact) mass is 407 g/mol. The molecule has 0 saturated heterocycles. The van der Waals surface area contributed by atoms with Crippen molar-refractivity contribution in [3.8, 4) is 0 Å². The SMILES string of the molecule is Cl.NC1C2CCC(C2)C1C(=O)NCCNS(=O)(=O)c1cccc(Cl)c1. The van der Waals surface area contributed by atoms with E-state index in [9.17, 15) is 13.2 Å². The van der Waals surface area contributed by atoms with Crippen molar-refractivity contribution in [2.45, 2.75) is 30.2 Å². The summed E-state index contributed by atoms with van der Waals surface area (Å²) in [6.45, 7) is 0.357. The fourth-order valence-electron chi connectivity index (χ4n) is 3.93. The van der Waals surface area contributed by atoms with Crippen molar-refractivity contribution in [1.29, 1.82) is 0 Å². The first-order valence-electron chi connectivity index (χ1n) is 8.17. The minimum atomic E-state index is -3.63. The van der Waals surface area contributed by atoms with E-state index < -0.39 is 10.0 Å². The van der Waals surface area contributed by atoms with Crippen molar-refractivity contribution in [2.24, 2.45) is 23.5 Å². The summed E-state index contributed by atoms with van der Waals surface area (Å²) in [5.41, 5.74) is 6.14. The molecule has 4 N–H and O–H groups in total. The predicted octanol–water partition coefficient (Wildman–Crippen LogP) is 1.53. The lowest BCUT2D eigenvalue weighted by Crippen LogP contribution is -2.46. The van der Waals surface area contributed by atoms with E-state index in [1.54, 1.807) is 12.1 Å². The molecule has 0 aromatic heterocycles. The van der Waals surface area contributed by atoms with Crippen LogP contribution < -0.4 is 15.8 Å². The van der Waals surface area contributed by atoms with Crippen molar-refractivity contribution >= 4 is 39.9 Å². The summed E-state index contributed by atoms with van der Waals surface area (Å²) in [4.78, 5) is 12.4. The van der Waals surface area contributed by atoms with E-state index in [1.807, 2.05) is 0 Å². The van der Waals surface area contributed by atoms with Gasteiger partial charge in [-0.2, -0.15) is 0 Å².